The van der Waals surface area contributed by atoms with Gasteiger partial charge in [-0.25, -0.2) is 4.98 Å². The van der Waals surface area contributed by atoms with Gasteiger partial charge in [0.2, 0.25) is 5.91 Å². The van der Waals surface area contributed by atoms with E-state index in [4.69, 9.17) is 4.74 Å². The van der Waals surface area contributed by atoms with Gasteiger partial charge in [-0.2, -0.15) is 5.26 Å². The van der Waals surface area contributed by atoms with Crippen LogP contribution in [0.5, 0.6) is 5.75 Å². The van der Waals surface area contributed by atoms with Crippen molar-refractivity contribution in [2.45, 2.75) is 45.6 Å². The smallest absolute Gasteiger partial charge is 0.246 e. The molecule has 1 heterocycles. The Labute approximate surface area is 151 Å². The second-order valence-electron chi connectivity index (χ2n) is 6.58. The van der Waals surface area contributed by atoms with E-state index in [-0.39, 0.29) is 12.0 Å². The molecule has 0 atom stereocenters. The van der Waals surface area contributed by atoms with Gasteiger partial charge in [0.1, 0.15) is 11.2 Å². The zero-order valence-corrected chi connectivity index (χ0v) is 15.2. The minimum absolute atomic E-state index is 0.134. The van der Waals surface area contributed by atoms with E-state index in [0.29, 0.717) is 18.0 Å². The molecule has 1 aliphatic carbocycles. The Hall–Kier alpha value is -2.39. The molecule has 3 rings (SSSR count). The van der Waals surface area contributed by atoms with Crippen LogP contribution in [0.2, 0.25) is 0 Å². The first-order valence-corrected chi connectivity index (χ1v) is 9.36. The number of hydrogen-bond acceptors (Lipinski definition) is 5. The highest BCUT2D eigenvalue weighted by atomic mass is 32.1. The predicted molar refractivity (Wildman–Crippen MR) is 98.5 cm³/mol. The van der Waals surface area contributed by atoms with Gasteiger partial charge in [-0.15, -0.1) is 11.3 Å². The highest BCUT2D eigenvalue weighted by molar-refractivity contribution is 7.14. The molecule has 130 valence electrons. The summed E-state index contributed by atoms with van der Waals surface area (Å²) < 4.78 is 5.64. The summed E-state index contributed by atoms with van der Waals surface area (Å²) in [7, 11) is 0. The number of nitrogens with one attached hydrogen (secondary N) is 1. The van der Waals surface area contributed by atoms with Crippen molar-refractivity contribution in [1.82, 2.24) is 4.98 Å². The predicted octanol–water partition coefficient (Wildman–Crippen LogP) is 4.62. The van der Waals surface area contributed by atoms with Crippen molar-refractivity contribution in [2.24, 2.45) is 5.41 Å². The molecule has 0 spiro atoms. The summed E-state index contributed by atoms with van der Waals surface area (Å²) in [5.41, 5.74) is 0.874. The fraction of sp³-hybridized carbons (Fsp3) is 0.421. The third kappa shape index (κ3) is 3.83. The normalized spacial score (nSPS) is 15.8. The van der Waals surface area contributed by atoms with Crippen molar-refractivity contribution in [3.63, 3.8) is 0 Å². The van der Waals surface area contributed by atoms with Crippen LogP contribution in [-0.4, -0.2) is 17.0 Å². The number of benzene rings is 1. The molecule has 0 bridgehead atoms. The molecule has 1 aromatic heterocycles. The fourth-order valence-electron chi connectivity index (χ4n) is 3.03. The van der Waals surface area contributed by atoms with Gasteiger partial charge in [0.25, 0.3) is 0 Å². The average Bonchev–Trinajstić information content (AvgIpc) is 3.25. The van der Waals surface area contributed by atoms with Crippen molar-refractivity contribution in [3.05, 3.63) is 29.6 Å². The van der Waals surface area contributed by atoms with Crippen molar-refractivity contribution in [2.75, 3.05) is 5.32 Å². The molecule has 5 nitrogen and oxygen atoms in total. The van der Waals surface area contributed by atoms with Crippen LogP contribution in [0.15, 0.2) is 29.6 Å². The lowest BCUT2D eigenvalue weighted by Gasteiger charge is -2.17. The highest BCUT2D eigenvalue weighted by Gasteiger charge is 2.41. The summed E-state index contributed by atoms with van der Waals surface area (Å²) in [6.07, 6.45) is 3.24. The number of carbonyl (C=O) groups is 1. The van der Waals surface area contributed by atoms with Crippen LogP contribution in [0.4, 0.5) is 5.13 Å². The Morgan fingerprint density at radius 3 is 2.60 bits per heavy atom. The monoisotopic (exact) mass is 355 g/mol. The van der Waals surface area contributed by atoms with E-state index < -0.39 is 5.41 Å². The van der Waals surface area contributed by atoms with Gasteiger partial charge in [0.05, 0.1) is 17.9 Å². The first-order valence-electron chi connectivity index (χ1n) is 8.48. The molecule has 0 aliphatic heterocycles. The summed E-state index contributed by atoms with van der Waals surface area (Å²) in [5.74, 6) is 0.591. The molecule has 1 fully saturated rings. The van der Waals surface area contributed by atoms with Crippen LogP contribution in [0, 0.1) is 16.7 Å². The minimum atomic E-state index is -0.887. The van der Waals surface area contributed by atoms with Gasteiger partial charge in [-0.05, 0) is 51.0 Å². The quantitative estimate of drug-likeness (QED) is 0.849. The molecule has 1 N–H and O–H groups in total. The number of nitriles is 1. The second-order valence-corrected chi connectivity index (χ2v) is 7.44. The van der Waals surface area contributed by atoms with Gasteiger partial charge in [-0.1, -0.05) is 12.8 Å². The molecular formula is C19H21N3O2S. The summed E-state index contributed by atoms with van der Waals surface area (Å²) in [5, 5.41) is 14.7. The fourth-order valence-corrected chi connectivity index (χ4v) is 3.74. The van der Waals surface area contributed by atoms with Crippen LogP contribution in [0.1, 0.15) is 39.5 Å². The van der Waals surface area contributed by atoms with Crippen molar-refractivity contribution >= 4 is 22.4 Å². The molecule has 6 heteroatoms. The SMILES string of the molecule is CC(C)Oc1ccc(-c2csc(NC(=O)C3(C#N)CCCC3)n2)cc1. The zero-order chi connectivity index (χ0) is 17.9. The van der Waals surface area contributed by atoms with Gasteiger partial charge in [0, 0.05) is 10.9 Å². The Balaban J connectivity index is 1.70. The van der Waals surface area contributed by atoms with E-state index in [0.717, 1.165) is 29.8 Å². The number of carbonyl (C=O) groups excluding carboxylic acids is 1. The van der Waals surface area contributed by atoms with Gasteiger partial charge in [0.15, 0.2) is 5.13 Å². The average molecular weight is 355 g/mol. The van der Waals surface area contributed by atoms with E-state index in [1.165, 1.54) is 11.3 Å². The number of amides is 1. The molecular weight excluding hydrogens is 334 g/mol. The first-order chi connectivity index (χ1) is 12.0. The number of aromatic nitrogens is 1. The summed E-state index contributed by atoms with van der Waals surface area (Å²) in [6, 6.07) is 9.94. The van der Waals surface area contributed by atoms with Gasteiger partial charge >= 0.3 is 0 Å². The van der Waals surface area contributed by atoms with Gasteiger partial charge in [-0.3, -0.25) is 4.79 Å². The van der Waals surface area contributed by atoms with Crippen molar-refractivity contribution in [1.29, 1.82) is 5.26 Å². The van der Waals surface area contributed by atoms with Gasteiger partial charge < -0.3 is 10.1 Å². The van der Waals surface area contributed by atoms with E-state index in [1.54, 1.807) is 0 Å². The second kappa shape index (κ2) is 7.24. The number of ether oxygens (including phenoxy) is 1. The van der Waals surface area contributed by atoms with E-state index in [2.05, 4.69) is 16.4 Å². The number of rotatable bonds is 5. The maximum Gasteiger partial charge on any atom is 0.246 e. The molecule has 1 aliphatic rings. The number of nitrogens with zero attached hydrogens (tertiary/aromatic N) is 2. The third-order valence-corrected chi connectivity index (χ3v) is 5.11. The lowest BCUT2D eigenvalue weighted by atomic mass is 9.87. The summed E-state index contributed by atoms with van der Waals surface area (Å²) >= 11 is 1.37. The highest BCUT2D eigenvalue weighted by Crippen LogP contribution is 2.39. The van der Waals surface area contributed by atoms with Crippen LogP contribution in [-0.2, 0) is 4.79 Å². The van der Waals surface area contributed by atoms with Crippen LogP contribution in [0.25, 0.3) is 11.3 Å². The van der Waals surface area contributed by atoms with Crippen molar-refractivity contribution < 1.29 is 9.53 Å². The molecule has 1 saturated carbocycles. The Kier molecular flexibility index (Phi) is 5.05. The van der Waals surface area contributed by atoms with E-state index in [9.17, 15) is 10.1 Å². The Morgan fingerprint density at radius 1 is 1.32 bits per heavy atom. The lowest BCUT2D eigenvalue weighted by molar-refractivity contribution is -0.122. The molecule has 25 heavy (non-hydrogen) atoms. The summed E-state index contributed by atoms with van der Waals surface area (Å²) in [4.78, 5) is 17.0. The number of thiazole rings is 1. The molecule has 0 saturated heterocycles. The third-order valence-electron chi connectivity index (χ3n) is 4.35. The molecule has 1 amide bonds. The van der Waals surface area contributed by atoms with Crippen molar-refractivity contribution in [3.8, 4) is 23.1 Å². The minimum Gasteiger partial charge on any atom is -0.491 e. The largest absolute Gasteiger partial charge is 0.491 e. The van der Waals surface area contributed by atoms with E-state index >= 15 is 0 Å². The molecule has 0 radical (unpaired) electrons. The van der Waals surface area contributed by atoms with Crippen LogP contribution < -0.4 is 10.1 Å². The zero-order valence-electron chi connectivity index (χ0n) is 14.4. The number of hydrogen-bond donors (Lipinski definition) is 1. The topological polar surface area (TPSA) is 75.0 Å². The number of anilines is 1. The maximum absolute atomic E-state index is 12.5. The standard InChI is InChI=1S/C19H21N3O2S/c1-13(2)24-15-7-5-14(6-8-15)16-11-25-18(21-16)22-17(23)19(12-20)9-3-4-10-19/h5-8,11,13H,3-4,9-10H2,1-2H3,(H,21,22,23). The maximum atomic E-state index is 12.5. The Bertz CT molecular complexity index is 784. The first kappa shape index (κ1) is 17.4. The molecule has 1 aromatic carbocycles. The summed E-state index contributed by atoms with van der Waals surface area (Å²) in [6.45, 7) is 3.98. The molecule has 2 aromatic rings. The van der Waals surface area contributed by atoms with Crippen LogP contribution in [0.3, 0.4) is 0 Å². The molecule has 0 unspecified atom stereocenters. The Morgan fingerprint density at radius 2 is 2.00 bits per heavy atom. The van der Waals surface area contributed by atoms with Crippen LogP contribution >= 0.6 is 11.3 Å². The van der Waals surface area contributed by atoms with E-state index in [1.807, 2.05) is 43.5 Å². The lowest BCUT2D eigenvalue weighted by Crippen LogP contribution is -2.32.